The zero-order chi connectivity index (χ0) is 12.5. The Morgan fingerprint density at radius 2 is 1.94 bits per heavy atom. The van der Waals surface area contributed by atoms with Crippen LogP contribution in [0.15, 0.2) is 0 Å². The molecule has 0 aromatic heterocycles. The molecule has 2 unspecified atom stereocenters. The molecule has 1 saturated carbocycles. The monoisotopic (exact) mass is 226 g/mol. The lowest BCUT2D eigenvalue weighted by Crippen LogP contribution is -2.43. The zero-order valence-corrected chi connectivity index (χ0v) is 11.5. The maximum absolute atomic E-state index is 11.0. The molecule has 1 aliphatic rings. The van der Waals surface area contributed by atoms with Gasteiger partial charge in [0.15, 0.2) is 0 Å². The van der Waals surface area contributed by atoms with Crippen molar-refractivity contribution in [1.29, 1.82) is 0 Å². The van der Waals surface area contributed by atoms with Gasteiger partial charge in [-0.1, -0.05) is 34.6 Å². The average Bonchev–Trinajstić information content (AvgIpc) is 1.96. The molecule has 0 bridgehead atoms. The second-order valence-electron chi connectivity index (χ2n) is 6.41. The first kappa shape index (κ1) is 13.5. The lowest BCUT2D eigenvalue weighted by atomic mass is 9.59. The fourth-order valence-electron chi connectivity index (χ4n) is 4.02. The van der Waals surface area contributed by atoms with E-state index in [1.165, 1.54) is 6.92 Å². The smallest absolute Gasteiger partial charge is 0.302 e. The van der Waals surface area contributed by atoms with E-state index in [1.54, 1.807) is 0 Å². The summed E-state index contributed by atoms with van der Waals surface area (Å²) in [7, 11) is 0. The molecule has 1 fully saturated rings. The number of hydrogen-bond donors (Lipinski definition) is 0. The second-order valence-corrected chi connectivity index (χ2v) is 6.41. The van der Waals surface area contributed by atoms with Gasteiger partial charge in [-0.25, -0.2) is 0 Å². The Bertz CT molecular complexity index is 255. The summed E-state index contributed by atoms with van der Waals surface area (Å²) in [5.74, 6) is 1.91. The van der Waals surface area contributed by atoms with Gasteiger partial charge in [0.2, 0.25) is 0 Å². The van der Waals surface area contributed by atoms with Gasteiger partial charge >= 0.3 is 5.97 Å². The molecule has 0 aromatic carbocycles. The standard InChI is InChI=1S/C14H26O2/c1-9(2)13-10(3)7-12(16-11(4)15)8-14(13,5)6/h9-10,12-13H,7-8H2,1-6H3/t10-,12?,13?/m1/s1. The molecular formula is C14H26O2. The molecule has 0 heterocycles. The topological polar surface area (TPSA) is 26.3 Å². The molecule has 0 saturated heterocycles. The van der Waals surface area contributed by atoms with Gasteiger partial charge in [0.05, 0.1) is 0 Å². The molecular weight excluding hydrogens is 200 g/mol. The SMILES string of the molecule is CC(=O)OC1C[C@@H](C)C(C(C)C)C(C)(C)C1. The van der Waals surface area contributed by atoms with Crippen LogP contribution in [0.25, 0.3) is 0 Å². The van der Waals surface area contributed by atoms with Crippen molar-refractivity contribution in [3.8, 4) is 0 Å². The number of carbonyl (C=O) groups is 1. The highest BCUT2D eigenvalue weighted by atomic mass is 16.5. The van der Waals surface area contributed by atoms with Crippen LogP contribution in [0.3, 0.4) is 0 Å². The van der Waals surface area contributed by atoms with Crippen LogP contribution < -0.4 is 0 Å². The molecule has 0 amide bonds. The van der Waals surface area contributed by atoms with Gasteiger partial charge in [0.25, 0.3) is 0 Å². The fraction of sp³-hybridized carbons (Fsp3) is 0.929. The minimum absolute atomic E-state index is 0.123. The van der Waals surface area contributed by atoms with E-state index in [0.29, 0.717) is 11.8 Å². The van der Waals surface area contributed by atoms with Crippen molar-refractivity contribution in [2.45, 2.75) is 60.5 Å². The highest BCUT2D eigenvalue weighted by molar-refractivity contribution is 5.66. The molecule has 0 aliphatic heterocycles. The van der Waals surface area contributed by atoms with Crippen molar-refractivity contribution >= 4 is 5.97 Å². The Kier molecular flexibility index (Phi) is 4.03. The third-order valence-corrected chi connectivity index (χ3v) is 3.95. The molecule has 94 valence electrons. The third-order valence-electron chi connectivity index (χ3n) is 3.95. The Hall–Kier alpha value is -0.530. The Labute approximate surface area is 99.8 Å². The van der Waals surface area contributed by atoms with Crippen LogP contribution in [0, 0.1) is 23.2 Å². The van der Waals surface area contributed by atoms with Crippen molar-refractivity contribution in [1.82, 2.24) is 0 Å². The molecule has 0 N–H and O–H groups in total. The summed E-state index contributed by atoms with van der Waals surface area (Å²) in [6.07, 6.45) is 2.14. The first-order valence-corrected chi connectivity index (χ1v) is 6.41. The maximum atomic E-state index is 11.0. The Balaban J connectivity index is 2.75. The van der Waals surface area contributed by atoms with Crippen molar-refractivity contribution in [3.63, 3.8) is 0 Å². The van der Waals surface area contributed by atoms with E-state index in [9.17, 15) is 4.79 Å². The van der Waals surface area contributed by atoms with E-state index in [1.807, 2.05) is 0 Å². The summed E-state index contributed by atoms with van der Waals surface area (Å²) in [6.45, 7) is 13.0. The van der Waals surface area contributed by atoms with Crippen molar-refractivity contribution in [3.05, 3.63) is 0 Å². The molecule has 2 nitrogen and oxygen atoms in total. The van der Waals surface area contributed by atoms with Gasteiger partial charge in [0, 0.05) is 6.92 Å². The van der Waals surface area contributed by atoms with Crippen LogP contribution >= 0.6 is 0 Å². The molecule has 16 heavy (non-hydrogen) atoms. The number of ether oxygens (including phenoxy) is 1. The van der Waals surface area contributed by atoms with E-state index in [-0.39, 0.29) is 17.5 Å². The quantitative estimate of drug-likeness (QED) is 0.672. The largest absolute Gasteiger partial charge is 0.463 e. The molecule has 0 aromatic rings. The van der Waals surface area contributed by atoms with Crippen molar-refractivity contribution < 1.29 is 9.53 Å². The summed E-state index contributed by atoms with van der Waals surface area (Å²) >= 11 is 0. The van der Waals surface area contributed by atoms with Crippen LogP contribution in [-0.2, 0) is 9.53 Å². The minimum atomic E-state index is -0.143. The number of rotatable bonds is 2. The molecule has 0 spiro atoms. The summed E-state index contributed by atoms with van der Waals surface area (Å²) in [5, 5.41) is 0. The molecule has 1 rings (SSSR count). The highest BCUT2D eigenvalue weighted by Crippen LogP contribution is 2.48. The second kappa shape index (κ2) is 4.77. The number of esters is 1. The number of carbonyl (C=O) groups excluding carboxylic acids is 1. The highest BCUT2D eigenvalue weighted by Gasteiger charge is 2.43. The van der Waals surface area contributed by atoms with Gasteiger partial charge in [-0.3, -0.25) is 4.79 Å². The number of hydrogen-bond acceptors (Lipinski definition) is 2. The summed E-state index contributed by atoms with van der Waals surface area (Å²) in [4.78, 5) is 11.0. The first-order valence-electron chi connectivity index (χ1n) is 6.41. The van der Waals surface area contributed by atoms with Crippen molar-refractivity contribution in [2.24, 2.45) is 23.2 Å². The lowest BCUT2D eigenvalue weighted by molar-refractivity contribution is -0.153. The molecule has 3 atom stereocenters. The molecule has 2 heteroatoms. The predicted octanol–water partition coefficient (Wildman–Crippen LogP) is 3.65. The summed E-state index contributed by atoms with van der Waals surface area (Å²) < 4.78 is 5.39. The fourth-order valence-corrected chi connectivity index (χ4v) is 4.02. The summed E-state index contributed by atoms with van der Waals surface area (Å²) in [5.41, 5.74) is 0.270. The average molecular weight is 226 g/mol. The van der Waals surface area contributed by atoms with Gasteiger partial charge in [0.1, 0.15) is 6.10 Å². The van der Waals surface area contributed by atoms with Crippen LogP contribution in [0.1, 0.15) is 54.4 Å². The van der Waals surface area contributed by atoms with E-state index < -0.39 is 0 Å². The van der Waals surface area contributed by atoms with E-state index in [0.717, 1.165) is 18.8 Å². The lowest BCUT2D eigenvalue weighted by Gasteiger charge is -2.48. The maximum Gasteiger partial charge on any atom is 0.302 e. The molecule has 0 radical (unpaired) electrons. The first-order chi connectivity index (χ1) is 7.24. The van der Waals surface area contributed by atoms with Crippen LogP contribution in [0.2, 0.25) is 0 Å². The van der Waals surface area contributed by atoms with Crippen molar-refractivity contribution in [2.75, 3.05) is 0 Å². The van der Waals surface area contributed by atoms with Crippen LogP contribution in [0.4, 0.5) is 0 Å². The van der Waals surface area contributed by atoms with Gasteiger partial charge in [-0.2, -0.15) is 0 Å². The molecule has 1 aliphatic carbocycles. The zero-order valence-electron chi connectivity index (χ0n) is 11.5. The van der Waals surface area contributed by atoms with Crippen LogP contribution in [0.5, 0.6) is 0 Å². The summed E-state index contributed by atoms with van der Waals surface area (Å²) in [6, 6.07) is 0. The van der Waals surface area contributed by atoms with Gasteiger partial charge in [-0.15, -0.1) is 0 Å². The van der Waals surface area contributed by atoms with Gasteiger partial charge in [-0.05, 0) is 36.0 Å². The normalized spacial score (nSPS) is 33.8. The Morgan fingerprint density at radius 1 is 1.38 bits per heavy atom. The van der Waals surface area contributed by atoms with Gasteiger partial charge < -0.3 is 4.74 Å². The van der Waals surface area contributed by atoms with E-state index in [2.05, 4.69) is 34.6 Å². The minimum Gasteiger partial charge on any atom is -0.463 e. The van der Waals surface area contributed by atoms with Crippen LogP contribution in [-0.4, -0.2) is 12.1 Å². The van der Waals surface area contributed by atoms with E-state index in [4.69, 9.17) is 4.74 Å². The Morgan fingerprint density at radius 3 is 2.31 bits per heavy atom. The predicted molar refractivity (Wildman–Crippen MR) is 66.1 cm³/mol. The third kappa shape index (κ3) is 2.99. The van der Waals surface area contributed by atoms with E-state index >= 15 is 0 Å².